The Morgan fingerprint density at radius 3 is 2.66 bits per heavy atom. The number of aliphatic imine (C=N–C) groups is 1. The number of alkyl halides is 2. The number of nitrogens with zero attached hydrogens (tertiary/aromatic N) is 1. The summed E-state index contributed by atoms with van der Waals surface area (Å²) in [5, 5.41) is 6.23. The lowest BCUT2D eigenvalue weighted by molar-refractivity contribution is -0.125. The van der Waals surface area contributed by atoms with E-state index in [2.05, 4.69) is 33.4 Å². The Labute approximate surface area is 170 Å². The average molecular weight is 414 g/mol. The van der Waals surface area contributed by atoms with Crippen LogP contribution >= 0.6 is 0 Å². The van der Waals surface area contributed by atoms with Gasteiger partial charge in [-0.15, -0.1) is 0 Å². The number of hydrogen-bond donors (Lipinski definition) is 4. The van der Waals surface area contributed by atoms with E-state index in [4.69, 9.17) is 4.74 Å². The molecule has 6 unspecified atom stereocenters. The highest BCUT2D eigenvalue weighted by Crippen LogP contribution is 2.31. The Kier molecular flexibility index (Phi) is 6.36. The van der Waals surface area contributed by atoms with Crippen LogP contribution in [0.1, 0.15) is 51.9 Å². The van der Waals surface area contributed by atoms with E-state index in [1.54, 1.807) is 0 Å². The van der Waals surface area contributed by atoms with Crippen molar-refractivity contribution in [3.63, 3.8) is 0 Å². The van der Waals surface area contributed by atoms with Gasteiger partial charge in [-0.1, -0.05) is 19.8 Å². The molecule has 0 aromatic rings. The summed E-state index contributed by atoms with van der Waals surface area (Å²) in [6.45, 7) is 3.93. The summed E-state index contributed by atoms with van der Waals surface area (Å²) in [7, 11) is 0. The van der Waals surface area contributed by atoms with Gasteiger partial charge in [0, 0.05) is 23.3 Å². The lowest BCUT2D eigenvalue weighted by atomic mass is 9.84. The van der Waals surface area contributed by atoms with Gasteiger partial charge in [0.15, 0.2) is 5.96 Å². The monoisotopic (exact) mass is 413 g/mol. The van der Waals surface area contributed by atoms with Gasteiger partial charge in [0.1, 0.15) is 12.3 Å². The molecule has 0 aromatic carbocycles. The van der Waals surface area contributed by atoms with Gasteiger partial charge in [0.25, 0.3) is 0 Å². The number of nitrogens with one attached hydrogen (secondary N) is 4. The van der Waals surface area contributed by atoms with Crippen LogP contribution in [0.3, 0.4) is 0 Å². The Balaban J connectivity index is 1.40. The van der Waals surface area contributed by atoms with Crippen molar-refractivity contribution in [2.24, 2.45) is 22.2 Å². The molecule has 164 valence electrons. The highest BCUT2D eigenvalue weighted by Gasteiger charge is 2.39. The van der Waals surface area contributed by atoms with Gasteiger partial charge in [0.05, 0.1) is 25.9 Å². The van der Waals surface area contributed by atoms with Gasteiger partial charge in [0.2, 0.25) is 5.91 Å². The van der Waals surface area contributed by atoms with Crippen LogP contribution in [0.5, 0.6) is 0 Å². The fraction of sp³-hybridized carbons (Fsp3) is 0.900. The van der Waals surface area contributed by atoms with Crippen molar-refractivity contribution >= 4 is 11.9 Å². The summed E-state index contributed by atoms with van der Waals surface area (Å²) in [6, 6.07) is 0.419. The van der Waals surface area contributed by atoms with Crippen LogP contribution in [0.15, 0.2) is 4.99 Å². The second kappa shape index (κ2) is 8.81. The summed E-state index contributed by atoms with van der Waals surface area (Å²) in [6.07, 6.45) is 1.99. The van der Waals surface area contributed by atoms with E-state index in [9.17, 15) is 13.6 Å². The first-order valence-corrected chi connectivity index (χ1v) is 10.9. The number of hydrogen-bond acceptors (Lipinski definition) is 5. The number of hydrazine groups is 1. The molecule has 6 atom stereocenters. The Morgan fingerprint density at radius 1 is 1.14 bits per heavy atom. The van der Waals surface area contributed by atoms with Crippen LogP contribution in [-0.2, 0) is 9.53 Å². The van der Waals surface area contributed by atoms with E-state index in [0.29, 0.717) is 44.1 Å². The van der Waals surface area contributed by atoms with Crippen molar-refractivity contribution in [3.8, 4) is 0 Å². The predicted octanol–water partition coefficient (Wildman–Crippen LogP) is 1.55. The van der Waals surface area contributed by atoms with Crippen LogP contribution in [-0.4, -0.2) is 56.2 Å². The molecule has 2 saturated heterocycles. The topological polar surface area (TPSA) is 86.8 Å². The van der Waals surface area contributed by atoms with Gasteiger partial charge >= 0.3 is 0 Å². The zero-order chi connectivity index (χ0) is 20.4. The molecule has 4 N–H and O–H groups in total. The molecule has 2 aliphatic heterocycles. The zero-order valence-corrected chi connectivity index (χ0v) is 17.1. The third kappa shape index (κ3) is 4.88. The maximum Gasteiger partial charge on any atom is 0.229 e. The van der Waals surface area contributed by atoms with Gasteiger partial charge in [-0.3, -0.25) is 20.5 Å². The molecule has 0 spiro atoms. The first-order chi connectivity index (χ1) is 13.9. The summed E-state index contributed by atoms with van der Waals surface area (Å²) in [5.74, 6) is 0.0211. The molecule has 0 aromatic heterocycles. The maximum absolute atomic E-state index is 13.8. The highest BCUT2D eigenvalue weighted by molar-refractivity contribution is 5.98. The average Bonchev–Trinajstić information content (AvgIpc) is 3.09. The number of carbonyl (C=O) groups is 1. The zero-order valence-electron chi connectivity index (χ0n) is 17.1. The van der Waals surface area contributed by atoms with Crippen molar-refractivity contribution in [1.82, 2.24) is 21.5 Å². The smallest absolute Gasteiger partial charge is 0.229 e. The van der Waals surface area contributed by atoms with Crippen molar-refractivity contribution < 1.29 is 18.3 Å². The van der Waals surface area contributed by atoms with Gasteiger partial charge in [-0.2, -0.15) is 0 Å². The number of guanidine groups is 1. The third-order valence-corrected chi connectivity index (χ3v) is 6.79. The molecule has 0 radical (unpaired) electrons. The predicted molar refractivity (Wildman–Crippen MR) is 105 cm³/mol. The Bertz CT molecular complexity index is 630. The molecule has 1 amide bonds. The van der Waals surface area contributed by atoms with Gasteiger partial charge in [-0.25, -0.2) is 14.2 Å². The quantitative estimate of drug-likeness (QED) is 0.415. The molecule has 4 fully saturated rings. The molecule has 2 heterocycles. The highest BCUT2D eigenvalue weighted by atomic mass is 19.2. The minimum Gasteiger partial charge on any atom is -0.380 e. The number of amides is 1. The van der Waals surface area contributed by atoms with Crippen molar-refractivity contribution in [2.45, 2.75) is 76.4 Å². The molecule has 9 heteroatoms. The molecule has 29 heavy (non-hydrogen) atoms. The van der Waals surface area contributed by atoms with E-state index in [1.165, 1.54) is 12.8 Å². The normalized spacial score (nSPS) is 39.3. The van der Waals surface area contributed by atoms with E-state index >= 15 is 0 Å². The lowest BCUT2D eigenvalue weighted by Gasteiger charge is -2.37. The minimum absolute atomic E-state index is 0.0251. The fourth-order valence-corrected chi connectivity index (χ4v) is 4.80. The van der Waals surface area contributed by atoms with E-state index < -0.39 is 18.3 Å². The summed E-state index contributed by atoms with van der Waals surface area (Å²) >= 11 is 0. The van der Waals surface area contributed by atoms with Crippen molar-refractivity contribution in [2.75, 3.05) is 19.8 Å². The molecule has 4 aliphatic rings. The summed E-state index contributed by atoms with van der Waals surface area (Å²) in [4.78, 5) is 17.4. The lowest BCUT2D eigenvalue weighted by Crippen LogP contribution is -2.54. The first kappa shape index (κ1) is 20.9. The molecule has 2 saturated carbocycles. The second-order valence-electron chi connectivity index (χ2n) is 9.46. The number of fused-ring (bicyclic) bond motifs is 1. The number of ether oxygens (including phenoxy) is 1. The molecule has 2 aliphatic carbocycles. The standard InChI is InChI=1S/C20H33F2N5O2/c1-20(10-29-11-20)9-23-19(24-17-13-4-2-3-5-16(13)26-27-17)25-18(28)12-6-7-14(21)15(22)8-12/h12-17,26-27H,2-11H2,1H3,(H2,23,24,25,28). The molecular formula is C20H33F2N5O2. The van der Waals surface area contributed by atoms with E-state index in [-0.39, 0.29) is 30.3 Å². The van der Waals surface area contributed by atoms with Gasteiger partial charge in [-0.05, 0) is 32.1 Å². The van der Waals surface area contributed by atoms with E-state index in [0.717, 1.165) is 12.8 Å². The summed E-state index contributed by atoms with van der Waals surface area (Å²) in [5.41, 5.74) is 6.61. The molecule has 7 nitrogen and oxygen atoms in total. The van der Waals surface area contributed by atoms with Crippen LogP contribution in [0.4, 0.5) is 8.78 Å². The van der Waals surface area contributed by atoms with Crippen molar-refractivity contribution in [3.05, 3.63) is 0 Å². The van der Waals surface area contributed by atoms with Crippen LogP contribution < -0.4 is 21.5 Å². The van der Waals surface area contributed by atoms with Crippen LogP contribution in [0.2, 0.25) is 0 Å². The number of halogens is 2. The maximum atomic E-state index is 13.8. The fourth-order valence-electron chi connectivity index (χ4n) is 4.80. The van der Waals surface area contributed by atoms with Crippen molar-refractivity contribution in [1.29, 1.82) is 0 Å². The molecular weight excluding hydrogens is 380 g/mol. The first-order valence-electron chi connectivity index (χ1n) is 10.9. The number of rotatable bonds is 4. The second-order valence-corrected chi connectivity index (χ2v) is 9.46. The molecule has 4 rings (SSSR count). The van der Waals surface area contributed by atoms with Gasteiger partial charge < -0.3 is 10.1 Å². The SMILES string of the molecule is CC1(CN=C(NC(=O)C2CCC(F)C(F)C2)NC2NNC3CCCCC32)COC1. The molecule has 0 bridgehead atoms. The third-order valence-electron chi connectivity index (χ3n) is 6.79. The number of carbonyl (C=O) groups excluding carboxylic acids is 1. The Hall–Kier alpha value is -1.32. The van der Waals surface area contributed by atoms with E-state index in [1.807, 2.05) is 0 Å². The van der Waals surface area contributed by atoms with Crippen LogP contribution in [0.25, 0.3) is 0 Å². The van der Waals surface area contributed by atoms with Crippen LogP contribution in [0, 0.1) is 17.3 Å². The Morgan fingerprint density at radius 2 is 1.93 bits per heavy atom. The minimum atomic E-state index is -1.57. The summed E-state index contributed by atoms with van der Waals surface area (Å²) < 4.78 is 32.5. The largest absolute Gasteiger partial charge is 0.380 e.